The molecule has 1 aromatic heterocycles. The summed E-state index contributed by atoms with van der Waals surface area (Å²) in [4.78, 5) is 4.43. The minimum atomic E-state index is 0.0404. The van der Waals surface area contributed by atoms with Crippen molar-refractivity contribution in [3.05, 3.63) is 53.1 Å². The molecule has 3 nitrogen and oxygen atoms in total. The molecule has 2 aromatic rings. The summed E-state index contributed by atoms with van der Waals surface area (Å²) in [5, 5.41) is 4.27. The van der Waals surface area contributed by atoms with Crippen molar-refractivity contribution in [2.45, 2.75) is 19.4 Å². The van der Waals surface area contributed by atoms with Crippen molar-refractivity contribution >= 4 is 11.6 Å². The van der Waals surface area contributed by atoms with Crippen LogP contribution in [0, 0.1) is 0 Å². The van der Waals surface area contributed by atoms with Gasteiger partial charge in [-0.15, -0.1) is 0 Å². The Bertz CT molecular complexity index is 507. The fourth-order valence-electron chi connectivity index (χ4n) is 1.99. The van der Waals surface area contributed by atoms with Gasteiger partial charge in [0, 0.05) is 24.5 Å². The van der Waals surface area contributed by atoms with Crippen molar-refractivity contribution in [2.75, 3.05) is 6.54 Å². The first kappa shape index (κ1) is 13.1. The molecule has 0 radical (unpaired) electrons. The van der Waals surface area contributed by atoms with Gasteiger partial charge in [-0.3, -0.25) is 0 Å². The zero-order valence-corrected chi connectivity index (χ0v) is 11.5. The predicted octanol–water partition coefficient (Wildman–Crippen LogP) is 3.16. The molecule has 0 saturated heterocycles. The molecule has 1 heterocycles. The minimum Gasteiger partial charge on any atom is -0.336 e. The number of imidazole rings is 1. The lowest BCUT2D eigenvalue weighted by Gasteiger charge is -2.19. The van der Waals surface area contributed by atoms with Crippen LogP contribution in [-0.2, 0) is 7.05 Å². The van der Waals surface area contributed by atoms with Crippen molar-refractivity contribution in [1.29, 1.82) is 0 Å². The van der Waals surface area contributed by atoms with Crippen molar-refractivity contribution in [3.63, 3.8) is 0 Å². The van der Waals surface area contributed by atoms with Crippen LogP contribution in [0.3, 0.4) is 0 Å². The van der Waals surface area contributed by atoms with Crippen LogP contribution >= 0.6 is 11.6 Å². The number of rotatable bonds is 5. The average molecular weight is 264 g/mol. The molecule has 0 aliphatic heterocycles. The van der Waals surface area contributed by atoms with Gasteiger partial charge in [0.1, 0.15) is 5.82 Å². The molecule has 96 valence electrons. The standard InChI is InChI=1S/C14H18ClN3/c1-3-8-16-13(14-17-9-10-18(14)2)11-6-4-5-7-12(11)15/h4-7,9-10,13,16H,3,8H2,1-2H3. The van der Waals surface area contributed by atoms with Gasteiger partial charge in [-0.2, -0.15) is 0 Å². The number of halogens is 1. The summed E-state index contributed by atoms with van der Waals surface area (Å²) >= 11 is 6.29. The Labute approximate surface area is 113 Å². The van der Waals surface area contributed by atoms with Gasteiger partial charge in [0.25, 0.3) is 0 Å². The zero-order chi connectivity index (χ0) is 13.0. The summed E-state index contributed by atoms with van der Waals surface area (Å²) < 4.78 is 2.02. The maximum atomic E-state index is 6.29. The van der Waals surface area contributed by atoms with Gasteiger partial charge in [-0.1, -0.05) is 36.7 Å². The first-order chi connectivity index (χ1) is 8.74. The average Bonchev–Trinajstić information content (AvgIpc) is 2.78. The van der Waals surface area contributed by atoms with Crippen molar-refractivity contribution < 1.29 is 0 Å². The summed E-state index contributed by atoms with van der Waals surface area (Å²) in [6, 6.07) is 7.95. The number of hydrogen-bond acceptors (Lipinski definition) is 2. The first-order valence-corrected chi connectivity index (χ1v) is 6.57. The number of nitrogens with zero attached hydrogens (tertiary/aromatic N) is 2. The summed E-state index contributed by atoms with van der Waals surface area (Å²) in [5.74, 6) is 0.983. The highest BCUT2D eigenvalue weighted by molar-refractivity contribution is 6.31. The summed E-state index contributed by atoms with van der Waals surface area (Å²) in [5.41, 5.74) is 1.07. The Morgan fingerprint density at radius 3 is 2.78 bits per heavy atom. The highest BCUT2D eigenvalue weighted by Gasteiger charge is 2.19. The molecule has 0 spiro atoms. The van der Waals surface area contributed by atoms with E-state index < -0.39 is 0 Å². The van der Waals surface area contributed by atoms with E-state index in [1.54, 1.807) is 0 Å². The lowest BCUT2D eigenvalue weighted by Crippen LogP contribution is -2.26. The van der Waals surface area contributed by atoms with E-state index in [1.807, 2.05) is 48.3 Å². The fourth-order valence-corrected chi connectivity index (χ4v) is 2.24. The normalized spacial score (nSPS) is 12.6. The minimum absolute atomic E-state index is 0.0404. The second-order valence-electron chi connectivity index (χ2n) is 4.30. The second kappa shape index (κ2) is 6.03. The third kappa shape index (κ3) is 2.74. The number of aromatic nitrogens is 2. The van der Waals surface area contributed by atoms with Crippen molar-refractivity contribution in [3.8, 4) is 0 Å². The molecular weight excluding hydrogens is 246 g/mol. The van der Waals surface area contributed by atoms with Gasteiger partial charge in [0.15, 0.2) is 0 Å². The van der Waals surface area contributed by atoms with E-state index in [-0.39, 0.29) is 6.04 Å². The number of nitrogens with one attached hydrogen (secondary N) is 1. The highest BCUT2D eigenvalue weighted by Crippen LogP contribution is 2.26. The van der Waals surface area contributed by atoms with Crippen LogP contribution in [0.1, 0.15) is 30.8 Å². The summed E-state index contributed by atoms with van der Waals surface area (Å²) in [7, 11) is 2.00. The molecule has 1 atom stereocenters. The smallest absolute Gasteiger partial charge is 0.130 e. The number of benzene rings is 1. The first-order valence-electron chi connectivity index (χ1n) is 6.19. The maximum Gasteiger partial charge on any atom is 0.130 e. The Morgan fingerprint density at radius 1 is 1.39 bits per heavy atom. The van der Waals surface area contributed by atoms with Crippen LogP contribution in [0.5, 0.6) is 0 Å². The highest BCUT2D eigenvalue weighted by atomic mass is 35.5. The topological polar surface area (TPSA) is 29.9 Å². The SMILES string of the molecule is CCCNC(c1ccccc1Cl)c1nccn1C. The molecule has 2 rings (SSSR count). The van der Waals surface area contributed by atoms with Gasteiger partial charge in [-0.05, 0) is 24.6 Å². The molecule has 18 heavy (non-hydrogen) atoms. The van der Waals surface area contributed by atoms with E-state index in [2.05, 4.69) is 17.2 Å². The molecule has 0 saturated carbocycles. The van der Waals surface area contributed by atoms with Crippen LogP contribution in [0.2, 0.25) is 5.02 Å². The molecule has 1 unspecified atom stereocenters. The van der Waals surface area contributed by atoms with Crippen LogP contribution in [-0.4, -0.2) is 16.1 Å². The van der Waals surface area contributed by atoms with Gasteiger partial charge >= 0.3 is 0 Å². The van der Waals surface area contributed by atoms with Crippen LogP contribution in [0.4, 0.5) is 0 Å². The van der Waals surface area contributed by atoms with Crippen molar-refractivity contribution in [1.82, 2.24) is 14.9 Å². The third-order valence-electron chi connectivity index (χ3n) is 2.93. The van der Waals surface area contributed by atoms with Gasteiger partial charge in [0.05, 0.1) is 6.04 Å². The van der Waals surface area contributed by atoms with E-state index >= 15 is 0 Å². The number of aryl methyl sites for hydroxylation is 1. The Morgan fingerprint density at radius 2 is 2.17 bits per heavy atom. The monoisotopic (exact) mass is 263 g/mol. The summed E-state index contributed by atoms with van der Waals surface area (Å²) in [6.07, 6.45) is 4.84. The van der Waals surface area contributed by atoms with Crippen molar-refractivity contribution in [2.24, 2.45) is 7.05 Å². The molecule has 1 N–H and O–H groups in total. The fraction of sp³-hybridized carbons (Fsp3) is 0.357. The van der Waals surface area contributed by atoms with E-state index in [0.717, 1.165) is 29.4 Å². The van der Waals surface area contributed by atoms with E-state index in [1.165, 1.54) is 0 Å². The maximum absolute atomic E-state index is 6.29. The molecular formula is C14H18ClN3. The quantitative estimate of drug-likeness (QED) is 0.898. The van der Waals surface area contributed by atoms with Gasteiger partial charge in [-0.25, -0.2) is 4.98 Å². The molecule has 0 fully saturated rings. The predicted molar refractivity (Wildman–Crippen MR) is 74.8 cm³/mol. The molecule has 4 heteroatoms. The van der Waals surface area contributed by atoms with E-state index in [0.29, 0.717) is 0 Å². The largest absolute Gasteiger partial charge is 0.336 e. The van der Waals surface area contributed by atoms with Crippen LogP contribution in [0.15, 0.2) is 36.7 Å². The van der Waals surface area contributed by atoms with Gasteiger partial charge in [0.2, 0.25) is 0 Å². The molecule has 0 bridgehead atoms. The molecule has 1 aromatic carbocycles. The Hall–Kier alpha value is -1.32. The van der Waals surface area contributed by atoms with Crippen LogP contribution < -0.4 is 5.32 Å². The lowest BCUT2D eigenvalue weighted by molar-refractivity contribution is 0.556. The lowest BCUT2D eigenvalue weighted by atomic mass is 10.1. The third-order valence-corrected chi connectivity index (χ3v) is 3.28. The van der Waals surface area contributed by atoms with Gasteiger partial charge < -0.3 is 9.88 Å². The van der Waals surface area contributed by atoms with Crippen LogP contribution in [0.25, 0.3) is 0 Å². The molecule has 0 aliphatic rings. The Kier molecular flexibility index (Phi) is 4.39. The molecule has 0 aliphatic carbocycles. The van der Waals surface area contributed by atoms with E-state index in [4.69, 9.17) is 11.6 Å². The summed E-state index contributed by atoms with van der Waals surface area (Å²) in [6.45, 7) is 3.08. The zero-order valence-electron chi connectivity index (χ0n) is 10.7. The Balaban J connectivity index is 2.37. The van der Waals surface area contributed by atoms with E-state index in [9.17, 15) is 0 Å². The molecule has 0 amide bonds. The number of hydrogen-bond donors (Lipinski definition) is 1. The second-order valence-corrected chi connectivity index (χ2v) is 4.71.